The topological polar surface area (TPSA) is 55.1 Å². The largest absolute Gasteiger partial charge is 0.353 e. The van der Waals surface area contributed by atoms with Gasteiger partial charge in [-0.2, -0.15) is 0 Å². The highest BCUT2D eigenvalue weighted by Gasteiger charge is 2.36. The minimum absolute atomic E-state index is 0. The van der Waals surface area contributed by atoms with Crippen molar-refractivity contribution in [2.75, 3.05) is 6.54 Å². The number of nitrogens with two attached hydrogens (primary N) is 1. The van der Waals surface area contributed by atoms with E-state index in [9.17, 15) is 4.79 Å². The molecule has 0 bridgehead atoms. The van der Waals surface area contributed by atoms with Crippen LogP contribution < -0.4 is 11.1 Å². The maximum absolute atomic E-state index is 12.1. The highest BCUT2D eigenvalue weighted by atomic mass is 35.5. The van der Waals surface area contributed by atoms with Crippen molar-refractivity contribution in [3.05, 3.63) is 0 Å². The molecule has 0 atom stereocenters. The second-order valence-electron chi connectivity index (χ2n) is 4.94. The Morgan fingerprint density at radius 1 is 1.38 bits per heavy atom. The van der Waals surface area contributed by atoms with Crippen molar-refractivity contribution in [2.24, 2.45) is 17.1 Å². The third-order valence-corrected chi connectivity index (χ3v) is 3.93. The molecule has 3 N–H and O–H groups in total. The van der Waals surface area contributed by atoms with E-state index < -0.39 is 0 Å². The number of carbonyl (C=O) groups is 1. The molecule has 1 fully saturated rings. The highest BCUT2D eigenvalue weighted by molar-refractivity contribution is 5.85. The first-order valence-electron chi connectivity index (χ1n) is 6.09. The van der Waals surface area contributed by atoms with Crippen LogP contribution in [0.1, 0.15) is 46.5 Å². The Hall–Kier alpha value is -0.280. The van der Waals surface area contributed by atoms with Crippen molar-refractivity contribution in [3.63, 3.8) is 0 Å². The van der Waals surface area contributed by atoms with Gasteiger partial charge in [-0.05, 0) is 31.6 Å². The quantitative estimate of drug-likeness (QED) is 0.783. The van der Waals surface area contributed by atoms with Gasteiger partial charge in [0.1, 0.15) is 0 Å². The number of amides is 1. The van der Waals surface area contributed by atoms with Crippen molar-refractivity contribution < 1.29 is 4.79 Å². The molecule has 0 radical (unpaired) electrons. The molecule has 3 nitrogen and oxygen atoms in total. The van der Waals surface area contributed by atoms with Gasteiger partial charge in [-0.25, -0.2) is 0 Å². The average molecular weight is 249 g/mol. The zero-order chi connectivity index (χ0) is 11.5. The van der Waals surface area contributed by atoms with Crippen LogP contribution in [0.3, 0.4) is 0 Å². The lowest BCUT2D eigenvalue weighted by Gasteiger charge is -2.37. The first-order valence-corrected chi connectivity index (χ1v) is 6.09. The lowest BCUT2D eigenvalue weighted by Crippen LogP contribution is -2.52. The molecule has 0 aromatic carbocycles. The minimum atomic E-state index is -0.334. The van der Waals surface area contributed by atoms with E-state index in [0.717, 1.165) is 31.6 Å². The van der Waals surface area contributed by atoms with Gasteiger partial charge < -0.3 is 11.1 Å². The molecular formula is C12H25ClN2O. The number of hydrogen-bond donors (Lipinski definition) is 2. The van der Waals surface area contributed by atoms with E-state index in [-0.39, 0.29) is 23.7 Å². The van der Waals surface area contributed by atoms with Crippen LogP contribution in [0, 0.1) is 11.3 Å². The second kappa shape index (κ2) is 6.45. The first-order chi connectivity index (χ1) is 7.07. The summed E-state index contributed by atoms with van der Waals surface area (Å²) in [5.74, 6) is 0.928. The molecule has 0 aromatic heterocycles. The molecular weight excluding hydrogens is 224 g/mol. The van der Waals surface area contributed by atoms with Crippen molar-refractivity contribution in [3.8, 4) is 0 Å². The van der Waals surface area contributed by atoms with Gasteiger partial charge >= 0.3 is 0 Å². The number of rotatable bonds is 5. The van der Waals surface area contributed by atoms with E-state index in [1.807, 2.05) is 13.8 Å². The van der Waals surface area contributed by atoms with Crippen LogP contribution >= 0.6 is 12.4 Å². The summed E-state index contributed by atoms with van der Waals surface area (Å²) in [7, 11) is 0. The van der Waals surface area contributed by atoms with Crippen molar-refractivity contribution >= 4 is 18.3 Å². The summed E-state index contributed by atoms with van der Waals surface area (Å²) in [6.45, 7) is 6.76. The molecule has 0 spiro atoms. The SMILES string of the molecule is CCC(CC)(CN)C(=O)NC1CC(C)C1.Cl. The molecule has 4 heteroatoms. The maximum atomic E-state index is 12.1. The van der Waals surface area contributed by atoms with Crippen LogP contribution in [-0.2, 0) is 4.79 Å². The van der Waals surface area contributed by atoms with Gasteiger partial charge in [0.2, 0.25) is 5.91 Å². The van der Waals surface area contributed by atoms with Crippen molar-refractivity contribution in [1.29, 1.82) is 0 Å². The number of halogens is 1. The van der Waals surface area contributed by atoms with E-state index in [2.05, 4.69) is 12.2 Å². The minimum Gasteiger partial charge on any atom is -0.353 e. The van der Waals surface area contributed by atoms with Crippen LogP contribution in [0.2, 0.25) is 0 Å². The summed E-state index contributed by atoms with van der Waals surface area (Å²) in [6.07, 6.45) is 3.90. The Balaban J connectivity index is 0.00000225. The molecule has 0 saturated heterocycles. The van der Waals surface area contributed by atoms with E-state index in [1.165, 1.54) is 0 Å². The Morgan fingerprint density at radius 3 is 2.19 bits per heavy atom. The maximum Gasteiger partial charge on any atom is 0.227 e. The number of nitrogens with one attached hydrogen (secondary N) is 1. The average Bonchev–Trinajstić information content (AvgIpc) is 2.19. The fourth-order valence-electron chi connectivity index (χ4n) is 2.31. The molecule has 1 amide bonds. The van der Waals surface area contributed by atoms with Crippen molar-refractivity contribution in [1.82, 2.24) is 5.32 Å². The molecule has 16 heavy (non-hydrogen) atoms. The Kier molecular flexibility index (Phi) is 6.34. The standard InChI is InChI=1S/C12H24N2O.ClH/c1-4-12(5-2,8-13)11(15)14-10-6-9(3)7-10;/h9-10H,4-8,13H2,1-3H3,(H,14,15);1H. The zero-order valence-corrected chi connectivity index (χ0v) is 11.4. The number of carbonyl (C=O) groups excluding carboxylic acids is 1. The molecule has 1 saturated carbocycles. The van der Waals surface area contributed by atoms with E-state index >= 15 is 0 Å². The third kappa shape index (κ3) is 3.11. The van der Waals surface area contributed by atoms with Crippen LogP contribution in [0.15, 0.2) is 0 Å². The van der Waals surface area contributed by atoms with Gasteiger partial charge in [-0.1, -0.05) is 20.8 Å². The molecule has 0 unspecified atom stereocenters. The van der Waals surface area contributed by atoms with Gasteiger partial charge in [0.25, 0.3) is 0 Å². The Labute approximate surface area is 105 Å². The van der Waals surface area contributed by atoms with Gasteiger partial charge in [0.05, 0.1) is 5.41 Å². The predicted molar refractivity (Wildman–Crippen MR) is 69.6 cm³/mol. The fraction of sp³-hybridized carbons (Fsp3) is 0.917. The molecule has 0 aliphatic heterocycles. The summed E-state index contributed by atoms with van der Waals surface area (Å²) in [6, 6.07) is 0.400. The van der Waals surface area contributed by atoms with Crippen LogP contribution in [0.5, 0.6) is 0 Å². The van der Waals surface area contributed by atoms with Gasteiger partial charge in [0.15, 0.2) is 0 Å². The monoisotopic (exact) mass is 248 g/mol. The molecule has 1 aliphatic carbocycles. The van der Waals surface area contributed by atoms with Crippen LogP contribution in [-0.4, -0.2) is 18.5 Å². The lowest BCUT2D eigenvalue weighted by molar-refractivity contribution is -0.132. The summed E-state index contributed by atoms with van der Waals surface area (Å²) in [5, 5.41) is 3.12. The summed E-state index contributed by atoms with van der Waals surface area (Å²) in [5.41, 5.74) is 5.40. The zero-order valence-electron chi connectivity index (χ0n) is 10.6. The van der Waals surface area contributed by atoms with E-state index in [1.54, 1.807) is 0 Å². The Morgan fingerprint density at radius 2 is 1.88 bits per heavy atom. The predicted octanol–water partition coefficient (Wildman–Crippen LogP) is 2.09. The third-order valence-electron chi connectivity index (χ3n) is 3.93. The van der Waals surface area contributed by atoms with Crippen LogP contribution in [0.25, 0.3) is 0 Å². The highest BCUT2D eigenvalue weighted by Crippen LogP contribution is 2.30. The number of hydrogen-bond acceptors (Lipinski definition) is 2. The molecule has 0 heterocycles. The van der Waals surface area contributed by atoms with Gasteiger partial charge in [-0.15, -0.1) is 12.4 Å². The molecule has 1 rings (SSSR count). The summed E-state index contributed by atoms with van der Waals surface area (Å²) < 4.78 is 0. The normalized spacial score (nSPS) is 24.2. The van der Waals surface area contributed by atoms with E-state index in [0.29, 0.717) is 12.6 Å². The fourth-order valence-corrected chi connectivity index (χ4v) is 2.31. The molecule has 96 valence electrons. The summed E-state index contributed by atoms with van der Waals surface area (Å²) >= 11 is 0. The second-order valence-corrected chi connectivity index (χ2v) is 4.94. The van der Waals surface area contributed by atoms with Gasteiger partial charge in [-0.3, -0.25) is 4.79 Å². The summed E-state index contributed by atoms with van der Waals surface area (Å²) in [4.78, 5) is 12.1. The first kappa shape index (κ1) is 15.7. The molecule has 0 aromatic rings. The smallest absolute Gasteiger partial charge is 0.227 e. The van der Waals surface area contributed by atoms with E-state index in [4.69, 9.17) is 5.73 Å². The Bertz CT molecular complexity index is 215. The van der Waals surface area contributed by atoms with Gasteiger partial charge in [0, 0.05) is 12.6 Å². The lowest BCUT2D eigenvalue weighted by atomic mass is 9.78. The van der Waals surface area contributed by atoms with Crippen LogP contribution in [0.4, 0.5) is 0 Å². The molecule has 1 aliphatic rings. The van der Waals surface area contributed by atoms with Crippen molar-refractivity contribution in [2.45, 2.75) is 52.5 Å².